The first-order chi connectivity index (χ1) is 26.8. The summed E-state index contributed by atoms with van der Waals surface area (Å²) in [5.74, 6) is 3.48. The summed E-state index contributed by atoms with van der Waals surface area (Å²) in [5, 5.41) is 0. The van der Waals surface area contributed by atoms with Gasteiger partial charge in [-0.1, -0.05) is 140 Å². The van der Waals surface area contributed by atoms with Gasteiger partial charge in [-0.05, 0) is 52.6 Å². The van der Waals surface area contributed by atoms with E-state index in [9.17, 15) is 0 Å². The second kappa shape index (κ2) is 11.9. The molecule has 252 valence electrons. The van der Waals surface area contributed by atoms with Gasteiger partial charge in [-0.15, -0.1) is 0 Å². The number of fused-ring (bicyclic) bond motifs is 10. The van der Waals surface area contributed by atoms with Crippen molar-refractivity contribution in [2.24, 2.45) is 0 Å². The van der Waals surface area contributed by atoms with Gasteiger partial charge >= 0.3 is 0 Å². The maximum Gasteiger partial charge on any atom is 0.164 e. The molecule has 1 spiro atoms. The number of nitrogens with zero attached hydrogens (tertiary/aromatic N) is 5. The summed E-state index contributed by atoms with van der Waals surface area (Å²) in [7, 11) is 0. The Morgan fingerprint density at radius 1 is 0.389 bits per heavy atom. The molecule has 0 unspecified atom stereocenters. The van der Waals surface area contributed by atoms with Crippen molar-refractivity contribution in [2.75, 3.05) is 0 Å². The van der Waals surface area contributed by atoms with Crippen LogP contribution in [-0.4, -0.2) is 24.9 Å². The minimum Gasteiger partial charge on any atom is -0.457 e. The zero-order chi connectivity index (χ0) is 35.6. The molecule has 0 amide bonds. The highest BCUT2D eigenvalue weighted by molar-refractivity contribution is 5.95. The molecule has 0 radical (unpaired) electrons. The van der Waals surface area contributed by atoms with Crippen LogP contribution in [-0.2, 0) is 5.41 Å². The van der Waals surface area contributed by atoms with Crippen LogP contribution in [0.3, 0.4) is 0 Å². The van der Waals surface area contributed by atoms with Crippen molar-refractivity contribution < 1.29 is 4.74 Å². The summed E-state index contributed by atoms with van der Waals surface area (Å²) < 4.78 is 6.68. The second-order valence-corrected chi connectivity index (χ2v) is 13.6. The largest absolute Gasteiger partial charge is 0.457 e. The van der Waals surface area contributed by atoms with Gasteiger partial charge < -0.3 is 4.74 Å². The van der Waals surface area contributed by atoms with Gasteiger partial charge in [-0.2, -0.15) is 0 Å². The number of hydrogen-bond donors (Lipinski definition) is 0. The van der Waals surface area contributed by atoms with Gasteiger partial charge in [0.1, 0.15) is 11.5 Å². The van der Waals surface area contributed by atoms with Gasteiger partial charge in [0.2, 0.25) is 0 Å². The van der Waals surface area contributed by atoms with E-state index in [1.165, 1.54) is 0 Å². The van der Waals surface area contributed by atoms with E-state index in [0.29, 0.717) is 17.5 Å². The predicted molar refractivity (Wildman–Crippen MR) is 212 cm³/mol. The Labute approximate surface area is 311 Å². The smallest absolute Gasteiger partial charge is 0.164 e. The molecule has 7 aromatic carbocycles. The lowest BCUT2D eigenvalue weighted by Gasteiger charge is -2.40. The summed E-state index contributed by atoms with van der Waals surface area (Å²) in [6.45, 7) is 0. The highest BCUT2D eigenvalue weighted by Crippen LogP contribution is 2.64. The van der Waals surface area contributed by atoms with E-state index < -0.39 is 5.41 Å². The van der Waals surface area contributed by atoms with E-state index in [4.69, 9.17) is 29.7 Å². The molecule has 0 atom stereocenters. The molecule has 2 aliphatic rings. The topological polar surface area (TPSA) is 73.7 Å². The van der Waals surface area contributed by atoms with Crippen molar-refractivity contribution in [1.82, 2.24) is 24.9 Å². The molecule has 1 aliphatic heterocycles. The number of benzene rings is 7. The normalized spacial score (nSPS) is 13.1. The van der Waals surface area contributed by atoms with Gasteiger partial charge in [-0.3, -0.25) is 4.98 Å². The van der Waals surface area contributed by atoms with Crippen molar-refractivity contribution in [2.45, 2.75) is 5.41 Å². The van der Waals surface area contributed by atoms with E-state index in [2.05, 4.69) is 72.8 Å². The summed E-state index contributed by atoms with van der Waals surface area (Å²) >= 11 is 0. The molecule has 9 aromatic rings. The lowest BCUT2D eigenvalue weighted by atomic mass is 9.64. The molecule has 2 aromatic heterocycles. The Balaban J connectivity index is 1.21. The molecule has 54 heavy (non-hydrogen) atoms. The molecule has 0 fully saturated rings. The van der Waals surface area contributed by atoms with Crippen LogP contribution in [0, 0.1) is 0 Å². The van der Waals surface area contributed by atoms with Crippen molar-refractivity contribution in [3.8, 4) is 68.0 Å². The predicted octanol–water partition coefficient (Wildman–Crippen LogP) is 11.0. The molecular formula is C48H29N5O. The lowest BCUT2D eigenvalue weighted by Crippen LogP contribution is -2.32. The fraction of sp³-hybridized carbons (Fsp3) is 0.0208. The standard InChI is InChI=1S/C48H29N5O/c1-3-14-30(15-4-1)45-51-46(31-16-5-2-6-17-31)53-47(52-45)32-26-27-33-34-18-13-19-35(41-29-49-39-22-9-10-23-40(39)50-41)44(34)48(38(33)28-32)36-20-7-11-24-42(36)54-43-25-12-8-21-37(43)48/h1-29H. The molecule has 1 aliphatic carbocycles. The third kappa shape index (κ3) is 4.50. The van der Waals surface area contributed by atoms with Crippen molar-refractivity contribution in [3.63, 3.8) is 0 Å². The Kier molecular flexibility index (Phi) is 6.67. The number of ether oxygens (including phenoxy) is 1. The fourth-order valence-corrected chi connectivity index (χ4v) is 8.34. The van der Waals surface area contributed by atoms with E-state index in [1.807, 2.05) is 103 Å². The Morgan fingerprint density at radius 3 is 1.61 bits per heavy atom. The third-order valence-electron chi connectivity index (χ3n) is 10.6. The van der Waals surface area contributed by atoms with Gasteiger partial charge in [0.15, 0.2) is 17.5 Å². The molecule has 0 bridgehead atoms. The lowest BCUT2D eigenvalue weighted by molar-refractivity contribution is 0.436. The highest BCUT2D eigenvalue weighted by Gasteiger charge is 2.52. The number of rotatable bonds is 4. The first kappa shape index (κ1) is 30.3. The van der Waals surface area contributed by atoms with Crippen molar-refractivity contribution in [3.05, 3.63) is 198 Å². The third-order valence-corrected chi connectivity index (χ3v) is 10.6. The molecule has 11 rings (SSSR count). The SMILES string of the molecule is c1ccc(-c2nc(-c3ccccc3)nc(-c3ccc4c(c3)C3(c5ccccc5Oc5ccccc53)c3c(-c5cnc6ccccc6n5)cccc3-4)n2)cc1. The minimum atomic E-state index is -0.756. The fourth-order valence-electron chi connectivity index (χ4n) is 8.34. The van der Waals surface area contributed by atoms with Crippen LogP contribution < -0.4 is 4.74 Å². The second-order valence-electron chi connectivity index (χ2n) is 13.6. The van der Waals surface area contributed by atoms with Crippen LogP contribution in [0.15, 0.2) is 176 Å². The van der Waals surface area contributed by atoms with E-state index in [0.717, 1.165) is 83.9 Å². The van der Waals surface area contributed by atoms with Gasteiger partial charge in [-0.25, -0.2) is 19.9 Å². The van der Waals surface area contributed by atoms with Crippen molar-refractivity contribution in [1.29, 1.82) is 0 Å². The summed E-state index contributed by atoms with van der Waals surface area (Å²) in [6, 6.07) is 58.2. The van der Waals surface area contributed by atoms with E-state index in [-0.39, 0.29) is 0 Å². The van der Waals surface area contributed by atoms with Crippen LogP contribution in [0.5, 0.6) is 11.5 Å². The zero-order valence-corrected chi connectivity index (χ0v) is 28.9. The van der Waals surface area contributed by atoms with Gasteiger partial charge in [0.05, 0.1) is 28.3 Å². The van der Waals surface area contributed by atoms with Crippen LogP contribution >= 0.6 is 0 Å². The van der Waals surface area contributed by atoms with E-state index >= 15 is 0 Å². The maximum absolute atomic E-state index is 6.68. The molecule has 6 heteroatoms. The number of aromatic nitrogens is 5. The summed E-state index contributed by atoms with van der Waals surface area (Å²) in [5.41, 5.74) is 12.2. The molecule has 6 nitrogen and oxygen atoms in total. The quantitative estimate of drug-likeness (QED) is 0.183. The first-order valence-corrected chi connectivity index (χ1v) is 18.0. The molecule has 3 heterocycles. The Hall–Kier alpha value is -7.31. The minimum absolute atomic E-state index is 0.603. The van der Waals surface area contributed by atoms with Crippen LogP contribution in [0.25, 0.3) is 67.6 Å². The number of para-hydroxylation sites is 4. The van der Waals surface area contributed by atoms with Crippen molar-refractivity contribution >= 4 is 11.0 Å². The van der Waals surface area contributed by atoms with E-state index in [1.54, 1.807) is 0 Å². The summed E-state index contributed by atoms with van der Waals surface area (Å²) in [6.07, 6.45) is 1.90. The molecule has 0 saturated carbocycles. The first-order valence-electron chi connectivity index (χ1n) is 18.0. The average Bonchev–Trinajstić information content (AvgIpc) is 3.54. The van der Waals surface area contributed by atoms with Crippen LogP contribution in [0.4, 0.5) is 0 Å². The van der Waals surface area contributed by atoms with Crippen LogP contribution in [0.1, 0.15) is 22.3 Å². The van der Waals surface area contributed by atoms with Crippen LogP contribution in [0.2, 0.25) is 0 Å². The molecule has 0 N–H and O–H groups in total. The average molecular weight is 692 g/mol. The zero-order valence-electron chi connectivity index (χ0n) is 28.9. The molecule has 0 saturated heterocycles. The van der Waals surface area contributed by atoms with Gasteiger partial charge in [0.25, 0.3) is 0 Å². The molecular weight excluding hydrogens is 663 g/mol. The highest BCUT2D eigenvalue weighted by atomic mass is 16.5. The monoisotopic (exact) mass is 691 g/mol. The Bertz CT molecular complexity index is 2820. The maximum atomic E-state index is 6.68. The Morgan fingerprint density at radius 2 is 0.944 bits per heavy atom. The van der Waals surface area contributed by atoms with Gasteiger partial charge in [0, 0.05) is 33.4 Å². The number of hydrogen-bond acceptors (Lipinski definition) is 6. The summed E-state index contributed by atoms with van der Waals surface area (Å²) in [4.78, 5) is 25.3.